The van der Waals surface area contributed by atoms with Crippen molar-refractivity contribution in [1.29, 1.82) is 0 Å². The molecule has 33 heavy (non-hydrogen) atoms. The van der Waals surface area contributed by atoms with Crippen molar-refractivity contribution in [2.24, 2.45) is 0 Å². The molecule has 0 fully saturated rings. The fraction of sp³-hybridized carbons (Fsp3) is 0.333. The van der Waals surface area contributed by atoms with Crippen LogP contribution in [-0.2, 0) is 23.0 Å². The van der Waals surface area contributed by atoms with Crippen LogP contribution in [0, 0.1) is 0 Å². The Morgan fingerprint density at radius 2 is 2.21 bits per heavy atom. The van der Waals surface area contributed by atoms with Gasteiger partial charge in [0.2, 0.25) is 0 Å². The van der Waals surface area contributed by atoms with Gasteiger partial charge < -0.3 is 9.84 Å². The van der Waals surface area contributed by atoms with Gasteiger partial charge in [-0.3, -0.25) is 19.3 Å². The summed E-state index contributed by atoms with van der Waals surface area (Å²) in [7, 11) is -4.17. The number of benzene rings is 1. The van der Waals surface area contributed by atoms with Crippen LogP contribution in [-0.4, -0.2) is 57.2 Å². The van der Waals surface area contributed by atoms with Crippen molar-refractivity contribution in [1.82, 2.24) is 25.0 Å². The van der Waals surface area contributed by atoms with Gasteiger partial charge >= 0.3 is 11.8 Å². The van der Waals surface area contributed by atoms with E-state index in [2.05, 4.69) is 25.6 Å². The maximum atomic E-state index is 13.6. The van der Waals surface area contributed by atoms with E-state index < -0.39 is 27.9 Å². The monoisotopic (exact) mass is 497 g/mol. The molecular weight excluding hydrogens is 478 g/mol. The highest BCUT2D eigenvalue weighted by Crippen LogP contribution is 2.40. The Morgan fingerprint density at radius 1 is 1.42 bits per heavy atom. The Labute approximate surface area is 192 Å². The van der Waals surface area contributed by atoms with Crippen molar-refractivity contribution >= 4 is 39.1 Å². The van der Waals surface area contributed by atoms with E-state index >= 15 is 0 Å². The molecule has 3 aromatic rings. The number of sulfonamides is 1. The molecule has 4 N–H and O–H groups in total. The number of carbonyl (C=O) groups is 1. The van der Waals surface area contributed by atoms with E-state index in [4.69, 9.17) is 21.4 Å². The molecule has 0 spiro atoms. The molecule has 15 heteroatoms. The summed E-state index contributed by atoms with van der Waals surface area (Å²) < 4.78 is 35.7. The molecule has 1 aliphatic heterocycles. The maximum Gasteiger partial charge on any atom is 0.409 e. The van der Waals surface area contributed by atoms with Gasteiger partial charge in [-0.2, -0.15) is 10.2 Å². The van der Waals surface area contributed by atoms with Crippen LogP contribution in [0.2, 0.25) is 5.15 Å². The fourth-order valence-electron chi connectivity index (χ4n) is 3.45. The van der Waals surface area contributed by atoms with Crippen molar-refractivity contribution in [2.75, 3.05) is 16.2 Å². The highest BCUT2D eigenvalue weighted by molar-refractivity contribution is 7.93. The molecule has 0 saturated carbocycles. The molecule has 1 atom stereocenters. The lowest BCUT2D eigenvalue weighted by Gasteiger charge is -2.35. The molecule has 0 radical (unpaired) electrons. The number of nitrogens with zero attached hydrogens (tertiary/aromatic N) is 4. The first-order chi connectivity index (χ1) is 15.7. The summed E-state index contributed by atoms with van der Waals surface area (Å²) in [6.07, 6.45) is 0.156. The highest BCUT2D eigenvalue weighted by atomic mass is 35.5. The van der Waals surface area contributed by atoms with Gasteiger partial charge in [0.25, 0.3) is 10.0 Å². The zero-order valence-electron chi connectivity index (χ0n) is 17.3. The Balaban J connectivity index is 1.71. The van der Waals surface area contributed by atoms with Gasteiger partial charge in [-0.05, 0) is 31.5 Å². The van der Waals surface area contributed by atoms with Gasteiger partial charge in [-0.1, -0.05) is 11.6 Å². The smallest absolute Gasteiger partial charge is 0.409 e. The van der Waals surface area contributed by atoms with Crippen molar-refractivity contribution in [3.8, 4) is 5.75 Å². The number of carboxylic acid groups (broad SMARTS) is 1. The predicted octanol–water partition coefficient (Wildman–Crippen LogP) is 1.65. The normalized spacial score (nSPS) is 15.7. The summed E-state index contributed by atoms with van der Waals surface area (Å²) in [5.41, 5.74) is -0.107. The molecule has 13 nitrogen and oxygen atoms in total. The van der Waals surface area contributed by atoms with Crippen molar-refractivity contribution in [3.05, 3.63) is 45.9 Å². The summed E-state index contributed by atoms with van der Waals surface area (Å²) >= 11 is 6.13. The van der Waals surface area contributed by atoms with E-state index in [-0.39, 0.29) is 33.7 Å². The topological polar surface area (TPSA) is 175 Å². The second-order valence-electron chi connectivity index (χ2n) is 7.19. The van der Waals surface area contributed by atoms with Crippen LogP contribution in [0.25, 0.3) is 0 Å². The lowest BCUT2D eigenvalue weighted by molar-refractivity contribution is 0.189. The Hall–Kier alpha value is -3.52. The second kappa shape index (κ2) is 8.78. The molecule has 176 valence electrons. The van der Waals surface area contributed by atoms with Crippen LogP contribution in [0.4, 0.5) is 16.2 Å². The minimum Gasteiger partial charge on any atom is -0.486 e. The first-order valence-corrected chi connectivity index (χ1v) is 11.7. The first-order valence-electron chi connectivity index (χ1n) is 9.87. The van der Waals surface area contributed by atoms with Gasteiger partial charge in [0, 0.05) is 24.8 Å². The van der Waals surface area contributed by atoms with Crippen LogP contribution in [0.5, 0.6) is 5.75 Å². The largest absolute Gasteiger partial charge is 0.486 e. The molecule has 1 aliphatic rings. The number of fused-ring (bicyclic) bond motifs is 1. The van der Waals surface area contributed by atoms with Gasteiger partial charge in [0.05, 0.1) is 12.2 Å². The van der Waals surface area contributed by atoms with E-state index in [1.54, 1.807) is 6.92 Å². The van der Waals surface area contributed by atoms with Gasteiger partial charge in [-0.15, -0.1) is 0 Å². The standard InChI is InChI=1S/C18H20ClN7O6S/c1-2-25-9-14(16(19)24-25)33(30,31)26-8-11(4-6-15-21-17(27)23-22-15)32-13-5-3-10(7-12(13)26)20-18(28)29/h3,5,7,9,11,20H,2,4,6,8H2,1H3,(H,28,29)(H2,21,22,23,27). The minimum atomic E-state index is -4.17. The Kier molecular flexibility index (Phi) is 6.03. The molecule has 4 rings (SSSR count). The van der Waals surface area contributed by atoms with E-state index in [1.807, 2.05) is 0 Å². The summed E-state index contributed by atoms with van der Waals surface area (Å²) in [5, 5.41) is 21.2. The minimum absolute atomic E-state index is 0.0753. The molecular formula is C18H20ClN7O6S. The summed E-state index contributed by atoms with van der Waals surface area (Å²) in [5.74, 6) is 0.664. The number of ether oxygens (including phenoxy) is 1. The SMILES string of the molecule is CCn1cc(S(=O)(=O)N2CC(CCc3n[nH]c(=O)[nH]3)Oc3ccc(NC(=O)O)cc32)c(Cl)n1. The number of anilines is 2. The molecule has 0 saturated heterocycles. The average Bonchev–Trinajstić information content (AvgIpc) is 3.36. The average molecular weight is 498 g/mol. The van der Waals surface area contributed by atoms with Gasteiger partial charge in [0.15, 0.2) is 5.15 Å². The number of nitrogens with one attached hydrogen (secondary N) is 3. The molecule has 1 amide bonds. The lowest BCUT2D eigenvalue weighted by Crippen LogP contribution is -2.43. The lowest BCUT2D eigenvalue weighted by atomic mass is 10.1. The zero-order valence-corrected chi connectivity index (χ0v) is 18.9. The molecule has 3 heterocycles. The number of rotatable bonds is 7. The predicted molar refractivity (Wildman–Crippen MR) is 117 cm³/mol. The fourth-order valence-corrected chi connectivity index (χ4v) is 5.39. The molecule has 0 aliphatic carbocycles. The van der Waals surface area contributed by atoms with Crippen molar-refractivity contribution < 1.29 is 23.1 Å². The molecule has 1 aromatic carbocycles. The van der Waals surface area contributed by atoms with Crippen LogP contribution >= 0.6 is 11.6 Å². The Morgan fingerprint density at radius 3 is 2.85 bits per heavy atom. The number of hydrogen-bond acceptors (Lipinski definition) is 7. The molecule has 1 unspecified atom stereocenters. The van der Waals surface area contributed by atoms with Crippen molar-refractivity contribution in [3.63, 3.8) is 0 Å². The first kappa shape index (κ1) is 22.7. The van der Waals surface area contributed by atoms with E-state index in [1.165, 1.54) is 29.1 Å². The van der Waals surface area contributed by atoms with E-state index in [0.717, 1.165) is 4.31 Å². The third-order valence-corrected chi connectivity index (χ3v) is 7.15. The van der Waals surface area contributed by atoms with Gasteiger partial charge in [-0.25, -0.2) is 23.1 Å². The zero-order chi connectivity index (χ0) is 23.8. The summed E-state index contributed by atoms with van der Waals surface area (Å²) in [6.45, 7) is 2.14. The Bertz CT molecular complexity index is 1350. The number of hydrogen-bond donors (Lipinski definition) is 4. The van der Waals surface area contributed by atoms with Crippen LogP contribution in [0.3, 0.4) is 0 Å². The van der Waals surface area contributed by atoms with E-state index in [9.17, 15) is 18.0 Å². The third-order valence-electron chi connectivity index (χ3n) is 4.97. The quantitative estimate of drug-likeness (QED) is 0.381. The second-order valence-corrected chi connectivity index (χ2v) is 9.38. The van der Waals surface area contributed by atoms with Gasteiger partial charge in [0.1, 0.15) is 22.6 Å². The van der Waals surface area contributed by atoms with Crippen LogP contribution in [0.1, 0.15) is 19.2 Å². The summed E-state index contributed by atoms with van der Waals surface area (Å²) in [6, 6.07) is 4.33. The number of halogens is 1. The molecule has 0 bridgehead atoms. The number of H-pyrrole nitrogens is 2. The summed E-state index contributed by atoms with van der Waals surface area (Å²) in [4.78, 5) is 24.7. The van der Waals surface area contributed by atoms with E-state index in [0.29, 0.717) is 25.2 Å². The molecule has 2 aromatic heterocycles. The van der Waals surface area contributed by atoms with Crippen molar-refractivity contribution in [2.45, 2.75) is 37.3 Å². The number of aromatic amines is 2. The maximum absolute atomic E-state index is 13.6. The third kappa shape index (κ3) is 4.66. The number of aromatic nitrogens is 5. The number of amides is 1. The number of aryl methyl sites for hydroxylation is 2. The van der Waals surface area contributed by atoms with Crippen LogP contribution in [0.15, 0.2) is 34.1 Å². The van der Waals surface area contributed by atoms with Crippen LogP contribution < -0.4 is 20.0 Å². The highest BCUT2D eigenvalue weighted by Gasteiger charge is 2.37.